The minimum Gasteiger partial charge on any atom is -0.378 e. The highest BCUT2D eigenvalue weighted by Gasteiger charge is 2.46. The number of benzene rings is 2. The Bertz CT molecular complexity index is 1490. The van der Waals surface area contributed by atoms with Gasteiger partial charge in [0.1, 0.15) is 5.82 Å². The SMILES string of the molecule is Cc1cc(C(=O)N[C@H](C)c2ccc(C(=C3CC4(CNC4)C3)c3ccc(F)cc3)cc2)cn(N2CCOCC2)c1=O. The van der Waals surface area contributed by atoms with Crippen molar-refractivity contribution in [3.8, 4) is 0 Å². The van der Waals surface area contributed by atoms with E-state index in [1.165, 1.54) is 23.3 Å². The molecular formula is C32H35FN4O3. The molecule has 40 heavy (non-hydrogen) atoms. The highest BCUT2D eigenvalue weighted by molar-refractivity contribution is 5.94. The number of aryl methyl sites for hydroxylation is 1. The first kappa shape index (κ1) is 26.5. The average Bonchev–Trinajstić information content (AvgIpc) is 2.92. The van der Waals surface area contributed by atoms with Gasteiger partial charge in [-0.2, -0.15) is 0 Å². The fourth-order valence-electron chi connectivity index (χ4n) is 6.06. The molecule has 1 atom stereocenters. The summed E-state index contributed by atoms with van der Waals surface area (Å²) in [6, 6.07) is 16.4. The lowest BCUT2D eigenvalue weighted by molar-refractivity contribution is 0.0938. The van der Waals surface area contributed by atoms with Crippen LogP contribution in [0.1, 0.15) is 58.4 Å². The number of halogens is 1. The summed E-state index contributed by atoms with van der Waals surface area (Å²) in [5, 5.41) is 8.39. The molecule has 7 nitrogen and oxygen atoms in total. The Kier molecular flexibility index (Phi) is 7.06. The second kappa shape index (κ2) is 10.7. The van der Waals surface area contributed by atoms with Crippen molar-refractivity contribution in [1.82, 2.24) is 15.3 Å². The first-order valence-electron chi connectivity index (χ1n) is 14.0. The summed E-state index contributed by atoms with van der Waals surface area (Å²) in [6.45, 7) is 8.11. The zero-order valence-corrected chi connectivity index (χ0v) is 23.0. The summed E-state index contributed by atoms with van der Waals surface area (Å²) >= 11 is 0. The van der Waals surface area contributed by atoms with Crippen LogP contribution in [0, 0.1) is 18.2 Å². The molecule has 1 aromatic heterocycles. The van der Waals surface area contributed by atoms with Crippen molar-refractivity contribution in [2.24, 2.45) is 5.41 Å². The number of aromatic nitrogens is 1. The van der Waals surface area contributed by atoms with E-state index in [-0.39, 0.29) is 23.3 Å². The van der Waals surface area contributed by atoms with Crippen molar-refractivity contribution in [3.63, 3.8) is 0 Å². The van der Waals surface area contributed by atoms with Crippen LogP contribution in [0.5, 0.6) is 0 Å². The van der Waals surface area contributed by atoms with E-state index in [4.69, 9.17) is 4.74 Å². The fraction of sp³-hybridized carbons (Fsp3) is 0.375. The molecule has 6 rings (SSSR count). The van der Waals surface area contributed by atoms with Crippen LogP contribution >= 0.6 is 0 Å². The number of allylic oxidation sites excluding steroid dienone is 1. The molecule has 3 aromatic rings. The number of hydrogen-bond donors (Lipinski definition) is 2. The highest BCUT2D eigenvalue weighted by Crippen LogP contribution is 2.51. The van der Waals surface area contributed by atoms with Gasteiger partial charge in [-0.25, -0.2) is 9.07 Å². The number of pyridine rings is 1. The third-order valence-electron chi connectivity index (χ3n) is 8.44. The van der Waals surface area contributed by atoms with E-state index in [0.717, 1.165) is 42.6 Å². The topological polar surface area (TPSA) is 75.6 Å². The van der Waals surface area contributed by atoms with Crippen molar-refractivity contribution < 1.29 is 13.9 Å². The summed E-state index contributed by atoms with van der Waals surface area (Å²) < 4.78 is 20.6. The van der Waals surface area contributed by atoms with Crippen LogP contribution in [0.15, 0.2) is 71.2 Å². The van der Waals surface area contributed by atoms with Crippen molar-refractivity contribution >= 4 is 11.5 Å². The predicted octanol–water partition coefficient (Wildman–Crippen LogP) is 3.94. The molecule has 1 aliphatic carbocycles. The van der Waals surface area contributed by atoms with Crippen molar-refractivity contribution in [2.45, 2.75) is 32.7 Å². The van der Waals surface area contributed by atoms with Crippen LogP contribution in [-0.2, 0) is 4.74 Å². The van der Waals surface area contributed by atoms with E-state index in [0.29, 0.717) is 42.8 Å². The Morgan fingerprint density at radius 3 is 2.23 bits per heavy atom. The molecule has 0 unspecified atom stereocenters. The van der Waals surface area contributed by atoms with Gasteiger partial charge in [0.2, 0.25) is 0 Å². The maximum atomic E-state index is 13.7. The van der Waals surface area contributed by atoms with Crippen molar-refractivity contribution in [1.29, 1.82) is 0 Å². The van der Waals surface area contributed by atoms with Gasteiger partial charge in [-0.15, -0.1) is 0 Å². The molecule has 3 heterocycles. The number of ether oxygens (including phenoxy) is 1. The molecule has 2 N–H and O–H groups in total. The van der Waals surface area contributed by atoms with Crippen molar-refractivity contribution in [2.75, 3.05) is 44.4 Å². The van der Waals surface area contributed by atoms with Crippen LogP contribution in [-0.4, -0.2) is 50.0 Å². The second-order valence-electron chi connectivity index (χ2n) is 11.4. The lowest BCUT2D eigenvalue weighted by Gasteiger charge is -2.52. The van der Waals surface area contributed by atoms with Gasteiger partial charge in [0.25, 0.3) is 11.5 Å². The zero-order chi connectivity index (χ0) is 27.9. The maximum absolute atomic E-state index is 13.7. The molecule has 8 heteroatoms. The first-order chi connectivity index (χ1) is 19.3. The number of hydrogen-bond acceptors (Lipinski definition) is 5. The van der Waals surface area contributed by atoms with Gasteiger partial charge in [-0.3, -0.25) is 9.59 Å². The molecule has 1 amide bonds. The molecule has 2 aromatic carbocycles. The summed E-state index contributed by atoms with van der Waals surface area (Å²) in [5.74, 6) is -0.471. The van der Waals surface area contributed by atoms with Gasteiger partial charge in [-0.05, 0) is 67.2 Å². The number of amides is 1. The van der Waals surface area contributed by atoms with Crippen LogP contribution < -0.4 is 21.2 Å². The van der Waals surface area contributed by atoms with Gasteiger partial charge >= 0.3 is 0 Å². The molecule has 208 valence electrons. The van der Waals surface area contributed by atoms with Crippen molar-refractivity contribution in [3.05, 3.63) is 110 Å². The van der Waals surface area contributed by atoms with E-state index < -0.39 is 0 Å². The largest absolute Gasteiger partial charge is 0.378 e. The predicted molar refractivity (Wildman–Crippen MR) is 153 cm³/mol. The standard InChI is InChI=1S/C32H35FN4O3/c1-21-15-26(18-37(31(21)39)36-11-13-40-14-12-36)30(38)35-22(2)23-3-5-24(6-4-23)29(25-7-9-28(33)10-8-25)27-16-32(17-27)19-34-20-32/h3-10,15,18,22,34H,11-14,16-17,19-20H2,1-2H3,(H,35,38)/t22-/m1/s1. The average molecular weight is 543 g/mol. The van der Waals surface area contributed by atoms with E-state index in [1.807, 2.05) is 36.2 Å². The number of morpholine rings is 1. The Balaban J connectivity index is 1.20. The molecule has 0 radical (unpaired) electrons. The number of nitrogens with one attached hydrogen (secondary N) is 2. The van der Waals surface area contributed by atoms with Crippen LogP contribution in [0.2, 0.25) is 0 Å². The van der Waals surface area contributed by atoms with Gasteiger partial charge in [0, 0.05) is 30.3 Å². The van der Waals surface area contributed by atoms with E-state index in [2.05, 4.69) is 22.8 Å². The van der Waals surface area contributed by atoms with Gasteiger partial charge in [0.05, 0.1) is 37.9 Å². The summed E-state index contributed by atoms with van der Waals surface area (Å²) in [5.41, 5.74) is 6.92. The summed E-state index contributed by atoms with van der Waals surface area (Å²) in [4.78, 5) is 26.0. The third-order valence-corrected chi connectivity index (χ3v) is 8.44. The summed E-state index contributed by atoms with van der Waals surface area (Å²) in [7, 11) is 0. The first-order valence-corrected chi connectivity index (χ1v) is 14.0. The zero-order valence-electron chi connectivity index (χ0n) is 23.0. The molecule has 1 spiro atoms. The minimum absolute atomic E-state index is 0.126. The minimum atomic E-state index is -0.239. The van der Waals surface area contributed by atoms with E-state index in [1.54, 1.807) is 23.9 Å². The number of rotatable bonds is 6. The lowest BCUT2D eigenvalue weighted by Crippen LogP contribution is -2.58. The Morgan fingerprint density at radius 1 is 1.00 bits per heavy atom. The molecule has 1 saturated carbocycles. The third kappa shape index (κ3) is 5.09. The fourth-order valence-corrected chi connectivity index (χ4v) is 6.06. The molecular weight excluding hydrogens is 507 g/mol. The Hall–Kier alpha value is -3.75. The normalized spacial score (nSPS) is 18.6. The van der Waals surface area contributed by atoms with Crippen LogP contribution in [0.3, 0.4) is 0 Å². The number of nitrogens with zero attached hydrogens (tertiary/aromatic N) is 2. The van der Waals surface area contributed by atoms with Crippen LogP contribution in [0.4, 0.5) is 4.39 Å². The van der Waals surface area contributed by atoms with E-state index >= 15 is 0 Å². The lowest BCUT2D eigenvalue weighted by atomic mass is 9.60. The number of carbonyl (C=O) groups is 1. The number of carbonyl (C=O) groups excluding carboxylic acids is 1. The quantitative estimate of drug-likeness (QED) is 0.494. The summed E-state index contributed by atoms with van der Waals surface area (Å²) in [6.07, 6.45) is 3.75. The monoisotopic (exact) mass is 542 g/mol. The van der Waals surface area contributed by atoms with Crippen LogP contribution in [0.25, 0.3) is 5.57 Å². The molecule has 0 bridgehead atoms. The van der Waals surface area contributed by atoms with E-state index in [9.17, 15) is 14.0 Å². The van der Waals surface area contributed by atoms with Gasteiger partial charge in [-0.1, -0.05) is 42.0 Å². The maximum Gasteiger partial charge on any atom is 0.271 e. The smallest absolute Gasteiger partial charge is 0.271 e. The molecule has 3 fully saturated rings. The Labute approximate surface area is 233 Å². The second-order valence-corrected chi connectivity index (χ2v) is 11.4. The van der Waals surface area contributed by atoms with Gasteiger partial charge in [0.15, 0.2) is 0 Å². The van der Waals surface area contributed by atoms with Gasteiger partial charge < -0.3 is 20.4 Å². The molecule has 3 aliphatic rings. The highest BCUT2D eigenvalue weighted by atomic mass is 19.1. The Morgan fingerprint density at radius 2 is 1.62 bits per heavy atom. The molecule has 2 aliphatic heterocycles. The molecule has 2 saturated heterocycles.